The SMILES string of the molecule is CCCOc1cccc(NC(c2cccs2)C(C)C)c1. The predicted octanol–water partition coefficient (Wildman–Crippen LogP) is 5.35. The summed E-state index contributed by atoms with van der Waals surface area (Å²) in [5.41, 5.74) is 1.12. The summed E-state index contributed by atoms with van der Waals surface area (Å²) in [4.78, 5) is 1.37. The molecular formula is C17H23NOS. The molecule has 0 saturated carbocycles. The minimum Gasteiger partial charge on any atom is -0.494 e. The van der Waals surface area contributed by atoms with E-state index in [0.717, 1.165) is 24.5 Å². The summed E-state index contributed by atoms with van der Waals surface area (Å²) in [6, 6.07) is 12.9. The highest BCUT2D eigenvalue weighted by molar-refractivity contribution is 7.10. The van der Waals surface area contributed by atoms with Crippen LogP contribution in [0.1, 0.15) is 38.1 Å². The summed E-state index contributed by atoms with van der Waals surface area (Å²) < 4.78 is 5.69. The Morgan fingerprint density at radius 3 is 2.70 bits per heavy atom. The molecule has 0 saturated heterocycles. The minimum absolute atomic E-state index is 0.344. The average molecular weight is 289 g/mol. The Bertz CT molecular complexity index is 507. The van der Waals surface area contributed by atoms with Crippen molar-refractivity contribution in [2.24, 2.45) is 5.92 Å². The number of nitrogens with one attached hydrogen (secondary N) is 1. The van der Waals surface area contributed by atoms with E-state index in [2.05, 4.69) is 55.7 Å². The maximum Gasteiger partial charge on any atom is 0.121 e. The van der Waals surface area contributed by atoms with E-state index in [4.69, 9.17) is 4.74 Å². The van der Waals surface area contributed by atoms with Crippen LogP contribution in [0.15, 0.2) is 41.8 Å². The van der Waals surface area contributed by atoms with Gasteiger partial charge in [0.25, 0.3) is 0 Å². The molecule has 1 aromatic carbocycles. The van der Waals surface area contributed by atoms with Crippen molar-refractivity contribution in [3.8, 4) is 5.75 Å². The highest BCUT2D eigenvalue weighted by Gasteiger charge is 2.16. The molecule has 0 bridgehead atoms. The maximum atomic E-state index is 5.69. The quantitative estimate of drug-likeness (QED) is 0.742. The van der Waals surface area contributed by atoms with Gasteiger partial charge in [-0.25, -0.2) is 0 Å². The van der Waals surface area contributed by atoms with Crippen molar-refractivity contribution in [3.05, 3.63) is 46.7 Å². The van der Waals surface area contributed by atoms with E-state index in [0.29, 0.717) is 12.0 Å². The molecule has 2 rings (SSSR count). The van der Waals surface area contributed by atoms with Crippen LogP contribution >= 0.6 is 11.3 Å². The van der Waals surface area contributed by atoms with Crippen LogP contribution in [0.5, 0.6) is 5.75 Å². The molecular weight excluding hydrogens is 266 g/mol. The molecule has 0 aliphatic heterocycles. The van der Waals surface area contributed by atoms with Crippen LogP contribution in [0.2, 0.25) is 0 Å². The molecule has 0 amide bonds. The number of ether oxygens (including phenoxy) is 1. The number of thiophene rings is 1. The van der Waals surface area contributed by atoms with E-state index < -0.39 is 0 Å². The van der Waals surface area contributed by atoms with Gasteiger partial charge in [-0.1, -0.05) is 32.9 Å². The highest BCUT2D eigenvalue weighted by Crippen LogP contribution is 2.30. The van der Waals surface area contributed by atoms with Gasteiger partial charge < -0.3 is 10.1 Å². The Balaban J connectivity index is 2.10. The third-order valence-electron chi connectivity index (χ3n) is 3.15. The lowest BCUT2D eigenvalue weighted by Gasteiger charge is -2.22. The van der Waals surface area contributed by atoms with E-state index in [1.807, 2.05) is 12.1 Å². The van der Waals surface area contributed by atoms with Crippen molar-refractivity contribution in [2.45, 2.75) is 33.2 Å². The molecule has 1 unspecified atom stereocenters. The molecule has 1 heterocycles. The van der Waals surface area contributed by atoms with Gasteiger partial charge in [0.2, 0.25) is 0 Å². The van der Waals surface area contributed by atoms with Crippen LogP contribution in [0, 0.1) is 5.92 Å². The zero-order valence-corrected chi connectivity index (χ0v) is 13.2. The predicted molar refractivity (Wildman–Crippen MR) is 87.7 cm³/mol. The first kappa shape index (κ1) is 14.9. The third-order valence-corrected chi connectivity index (χ3v) is 4.10. The van der Waals surface area contributed by atoms with Crippen molar-refractivity contribution >= 4 is 17.0 Å². The fourth-order valence-electron chi connectivity index (χ4n) is 2.11. The number of rotatable bonds is 7. The van der Waals surface area contributed by atoms with Crippen LogP contribution in [-0.2, 0) is 0 Å². The highest BCUT2D eigenvalue weighted by atomic mass is 32.1. The van der Waals surface area contributed by atoms with Gasteiger partial charge in [0.1, 0.15) is 5.75 Å². The van der Waals surface area contributed by atoms with Gasteiger partial charge >= 0.3 is 0 Å². The number of anilines is 1. The van der Waals surface area contributed by atoms with E-state index in [1.165, 1.54) is 4.88 Å². The van der Waals surface area contributed by atoms with Gasteiger partial charge in [0.15, 0.2) is 0 Å². The molecule has 0 aliphatic rings. The van der Waals surface area contributed by atoms with E-state index in [1.54, 1.807) is 11.3 Å². The van der Waals surface area contributed by atoms with Gasteiger partial charge in [-0.05, 0) is 35.9 Å². The van der Waals surface area contributed by atoms with Crippen LogP contribution in [-0.4, -0.2) is 6.61 Å². The Hall–Kier alpha value is -1.48. The minimum atomic E-state index is 0.344. The Morgan fingerprint density at radius 2 is 2.05 bits per heavy atom. The van der Waals surface area contributed by atoms with E-state index >= 15 is 0 Å². The lowest BCUT2D eigenvalue weighted by atomic mass is 10.0. The van der Waals surface area contributed by atoms with Gasteiger partial charge in [-0.15, -0.1) is 11.3 Å². The second-order valence-corrected chi connectivity index (χ2v) is 6.24. The summed E-state index contributed by atoms with van der Waals surface area (Å²) in [5.74, 6) is 1.47. The normalized spacial score (nSPS) is 12.4. The van der Waals surface area contributed by atoms with Crippen molar-refractivity contribution in [1.29, 1.82) is 0 Å². The summed E-state index contributed by atoms with van der Waals surface area (Å²) in [6.45, 7) is 7.37. The third kappa shape index (κ3) is 4.01. The van der Waals surface area contributed by atoms with Crippen LogP contribution in [0.3, 0.4) is 0 Å². The first-order valence-corrected chi connectivity index (χ1v) is 8.11. The van der Waals surface area contributed by atoms with E-state index in [-0.39, 0.29) is 0 Å². The standard InChI is InChI=1S/C17H23NOS/c1-4-10-19-15-8-5-7-14(12-15)18-17(13(2)3)16-9-6-11-20-16/h5-9,11-13,17-18H,4,10H2,1-3H3. The smallest absolute Gasteiger partial charge is 0.121 e. The van der Waals surface area contributed by atoms with Crippen LogP contribution < -0.4 is 10.1 Å². The van der Waals surface area contributed by atoms with Crippen LogP contribution in [0.4, 0.5) is 5.69 Å². The lowest BCUT2D eigenvalue weighted by molar-refractivity contribution is 0.317. The second kappa shape index (κ2) is 7.34. The topological polar surface area (TPSA) is 21.3 Å². The molecule has 108 valence electrons. The van der Waals surface area contributed by atoms with Crippen molar-refractivity contribution < 1.29 is 4.74 Å². The molecule has 20 heavy (non-hydrogen) atoms. The van der Waals surface area contributed by atoms with Crippen molar-refractivity contribution in [3.63, 3.8) is 0 Å². The maximum absolute atomic E-state index is 5.69. The van der Waals surface area contributed by atoms with Gasteiger partial charge in [-0.2, -0.15) is 0 Å². The molecule has 0 aliphatic carbocycles. The molecule has 1 atom stereocenters. The fraction of sp³-hybridized carbons (Fsp3) is 0.412. The summed E-state index contributed by atoms with van der Waals surface area (Å²) in [7, 11) is 0. The molecule has 0 radical (unpaired) electrons. The monoisotopic (exact) mass is 289 g/mol. The van der Waals surface area contributed by atoms with Crippen molar-refractivity contribution in [1.82, 2.24) is 0 Å². The molecule has 0 spiro atoms. The Kier molecular flexibility index (Phi) is 5.48. The van der Waals surface area contributed by atoms with E-state index in [9.17, 15) is 0 Å². The second-order valence-electron chi connectivity index (χ2n) is 5.26. The molecule has 2 aromatic rings. The first-order chi connectivity index (χ1) is 9.70. The Labute approximate surface area is 125 Å². The van der Waals surface area contributed by atoms with Gasteiger partial charge in [0.05, 0.1) is 12.6 Å². The first-order valence-electron chi connectivity index (χ1n) is 7.23. The summed E-state index contributed by atoms with van der Waals surface area (Å²) in [5, 5.41) is 5.76. The molecule has 2 nitrogen and oxygen atoms in total. The zero-order chi connectivity index (χ0) is 14.4. The number of hydrogen-bond donors (Lipinski definition) is 1. The van der Waals surface area contributed by atoms with Crippen LogP contribution in [0.25, 0.3) is 0 Å². The van der Waals surface area contributed by atoms with Gasteiger partial charge in [-0.3, -0.25) is 0 Å². The summed E-state index contributed by atoms with van der Waals surface area (Å²) in [6.07, 6.45) is 1.03. The molecule has 1 N–H and O–H groups in total. The molecule has 3 heteroatoms. The zero-order valence-electron chi connectivity index (χ0n) is 12.4. The average Bonchev–Trinajstić information content (AvgIpc) is 2.96. The molecule has 0 fully saturated rings. The Morgan fingerprint density at radius 1 is 1.20 bits per heavy atom. The number of benzene rings is 1. The lowest BCUT2D eigenvalue weighted by Crippen LogP contribution is -2.15. The summed E-state index contributed by atoms with van der Waals surface area (Å²) >= 11 is 1.80. The fourth-order valence-corrected chi connectivity index (χ4v) is 3.06. The molecule has 1 aromatic heterocycles. The number of hydrogen-bond acceptors (Lipinski definition) is 3. The van der Waals surface area contributed by atoms with Crippen molar-refractivity contribution in [2.75, 3.05) is 11.9 Å². The largest absolute Gasteiger partial charge is 0.494 e. The van der Waals surface area contributed by atoms with Gasteiger partial charge in [0, 0.05) is 16.6 Å².